The molecule has 0 heterocycles. The third-order valence-electron chi connectivity index (χ3n) is 4.58. The number of hydrogen-bond acceptors (Lipinski definition) is 5. The molecule has 0 radical (unpaired) electrons. The molecule has 0 aliphatic heterocycles. The van der Waals surface area contributed by atoms with Crippen molar-refractivity contribution in [2.24, 2.45) is 5.41 Å². The van der Waals surface area contributed by atoms with Crippen LogP contribution in [-0.4, -0.2) is 24.3 Å². The minimum absolute atomic E-state index is 0.0877. The molecule has 5 nitrogen and oxygen atoms in total. The molecule has 148 valence electrons. The highest BCUT2D eigenvalue weighted by molar-refractivity contribution is 6.09. The molecule has 28 heavy (non-hydrogen) atoms. The smallest absolute Gasteiger partial charge is 0.311 e. The fraction of sp³-hybridized carbons (Fsp3) is 0.348. The van der Waals surface area contributed by atoms with E-state index in [4.69, 9.17) is 9.47 Å². The monoisotopic (exact) mass is 382 g/mol. The van der Waals surface area contributed by atoms with Crippen LogP contribution < -0.4 is 4.74 Å². The third-order valence-corrected chi connectivity index (χ3v) is 4.58. The van der Waals surface area contributed by atoms with Crippen LogP contribution in [0.25, 0.3) is 0 Å². The quantitative estimate of drug-likeness (QED) is 0.275. The van der Waals surface area contributed by atoms with Gasteiger partial charge < -0.3 is 9.47 Å². The van der Waals surface area contributed by atoms with Crippen LogP contribution in [0.5, 0.6) is 5.75 Å². The van der Waals surface area contributed by atoms with Crippen molar-refractivity contribution in [3.8, 4) is 5.75 Å². The summed E-state index contributed by atoms with van der Waals surface area (Å²) < 4.78 is 10.5. The molecule has 0 saturated heterocycles. The van der Waals surface area contributed by atoms with E-state index in [1.54, 1.807) is 36.4 Å². The van der Waals surface area contributed by atoms with Crippen LogP contribution in [0, 0.1) is 5.41 Å². The lowest BCUT2D eigenvalue weighted by molar-refractivity contribution is -0.154. The summed E-state index contributed by atoms with van der Waals surface area (Å²) in [7, 11) is 0. The van der Waals surface area contributed by atoms with E-state index >= 15 is 0 Å². The summed E-state index contributed by atoms with van der Waals surface area (Å²) in [5.74, 6) is -0.385. The van der Waals surface area contributed by atoms with E-state index in [-0.39, 0.29) is 24.8 Å². The summed E-state index contributed by atoms with van der Waals surface area (Å²) in [5.41, 5.74) is 0.615. The van der Waals surface area contributed by atoms with Crippen molar-refractivity contribution in [3.63, 3.8) is 0 Å². The number of ether oxygens (including phenoxy) is 2. The molecule has 0 spiro atoms. The van der Waals surface area contributed by atoms with Gasteiger partial charge in [-0.2, -0.15) is 0 Å². The van der Waals surface area contributed by atoms with Crippen molar-refractivity contribution in [1.29, 1.82) is 0 Å². The van der Waals surface area contributed by atoms with Gasteiger partial charge in [0.05, 0.1) is 12.0 Å². The number of hydrogen-bond donors (Lipinski definition) is 0. The maximum Gasteiger partial charge on any atom is 0.311 e. The Bertz CT molecular complexity index is 807. The Labute approximate surface area is 165 Å². The van der Waals surface area contributed by atoms with Crippen LogP contribution in [-0.2, 0) is 14.3 Å². The molecule has 2 aromatic carbocycles. The van der Waals surface area contributed by atoms with E-state index in [0.29, 0.717) is 29.7 Å². The highest BCUT2D eigenvalue weighted by Crippen LogP contribution is 2.21. The Morgan fingerprint density at radius 1 is 0.893 bits per heavy atom. The summed E-state index contributed by atoms with van der Waals surface area (Å²) in [4.78, 5) is 36.1. The van der Waals surface area contributed by atoms with Gasteiger partial charge in [0.15, 0.2) is 5.78 Å². The maximum absolute atomic E-state index is 12.4. The lowest BCUT2D eigenvalue weighted by atomic mass is 9.91. The van der Waals surface area contributed by atoms with E-state index in [9.17, 15) is 14.4 Å². The molecule has 0 aliphatic rings. The Morgan fingerprint density at radius 2 is 1.50 bits per heavy atom. The lowest BCUT2D eigenvalue weighted by Crippen LogP contribution is -2.26. The number of rotatable bonds is 9. The van der Waals surface area contributed by atoms with Crippen molar-refractivity contribution in [3.05, 3.63) is 65.7 Å². The summed E-state index contributed by atoms with van der Waals surface area (Å²) in [5, 5.41) is 0. The molecule has 0 aliphatic carbocycles. The molecular formula is C23H26O5. The van der Waals surface area contributed by atoms with Gasteiger partial charge >= 0.3 is 11.9 Å². The third kappa shape index (κ3) is 6.05. The van der Waals surface area contributed by atoms with Crippen LogP contribution >= 0.6 is 0 Å². The largest absolute Gasteiger partial charge is 0.465 e. The zero-order chi connectivity index (χ0) is 20.6. The van der Waals surface area contributed by atoms with Gasteiger partial charge in [-0.3, -0.25) is 14.4 Å². The van der Waals surface area contributed by atoms with E-state index in [2.05, 4.69) is 0 Å². The Hall–Kier alpha value is -2.95. The zero-order valence-corrected chi connectivity index (χ0v) is 16.6. The SMILES string of the molecule is CCC(C)(C)C(=O)OCCCC(=O)Oc1ccc(C(=O)c2ccccc2)cc1. The van der Waals surface area contributed by atoms with Gasteiger partial charge in [-0.05, 0) is 51.0 Å². The molecule has 2 aromatic rings. The van der Waals surface area contributed by atoms with Crippen LogP contribution in [0.3, 0.4) is 0 Å². The number of carbonyl (C=O) groups excluding carboxylic acids is 3. The fourth-order valence-corrected chi connectivity index (χ4v) is 2.33. The predicted molar refractivity (Wildman–Crippen MR) is 106 cm³/mol. The van der Waals surface area contributed by atoms with E-state index in [0.717, 1.165) is 0 Å². The summed E-state index contributed by atoms with van der Waals surface area (Å²) in [6, 6.07) is 15.4. The first-order valence-corrected chi connectivity index (χ1v) is 9.41. The minimum Gasteiger partial charge on any atom is -0.465 e. The van der Waals surface area contributed by atoms with Gasteiger partial charge in [-0.25, -0.2) is 0 Å². The first kappa shape index (κ1) is 21.4. The number of carbonyl (C=O) groups is 3. The van der Waals surface area contributed by atoms with Crippen molar-refractivity contribution in [2.75, 3.05) is 6.61 Å². The molecule has 0 amide bonds. The van der Waals surface area contributed by atoms with Gasteiger partial charge in [-0.15, -0.1) is 0 Å². The summed E-state index contributed by atoms with van der Waals surface area (Å²) in [6.45, 7) is 5.77. The van der Waals surface area contributed by atoms with Gasteiger partial charge in [0.25, 0.3) is 0 Å². The van der Waals surface area contributed by atoms with Crippen molar-refractivity contribution >= 4 is 17.7 Å². The average Bonchev–Trinajstić information content (AvgIpc) is 2.71. The molecule has 0 aromatic heterocycles. The average molecular weight is 382 g/mol. The molecule has 5 heteroatoms. The second-order valence-electron chi connectivity index (χ2n) is 7.17. The normalized spacial score (nSPS) is 11.0. The minimum atomic E-state index is -0.514. The first-order valence-electron chi connectivity index (χ1n) is 9.41. The van der Waals surface area contributed by atoms with Gasteiger partial charge in [0.1, 0.15) is 5.75 Å². The molecule has 2 rings (SSSR count). The number of benzene rings is 2. The number of esters is 2. The Balaban J connectivity index is 1.78. The zero-order valence-electron chi connectivity index (χ0n) is 16.6. The number of ketones is 1. The molecular weight excluding hydrogens is 356 g/mol. The van der Waals surface area contributed by atoms with Crippen LogP contribution in [0.1, 0.15) is 56.0 Å². The molecule has 0 saturated carbocycles. The standard InChI is InChI=1S/C23H26O5/c1-4-23(2,3)22(26)27-16-8-11-20(24)28-19-14-12-18(13-15-19)21(25)17-9-6-5-7-10-17/h5-7,9-10,12-15H,4,8,11,16H2,1-3H3. The topological polar surface area (TPSA) is 69.7 Å². The molecule has 0 fully saturated rings. The predicted octanol–water partition coefficient (Wildman–Crippen LogP) is 4.58. The van der Waals surface area contributed by atoms with Crippen molar-refractivity contribution in [2.45, 2.75) is 40.0 Å². The van der Waals surface area contributed by atoms with Crippen molar-refractivity contribution < 1.29 is 23.9 Å². The van der Waals surface area contributed by atoms with E-state index < -0.39 is 11.4 Å². The highest BCUT2D eigenvalue weighted by Gasteiger charge is 2.26. The second kappa shape index (κ2) is 9.83. The molecule has 0 bridgehead atoms. The van der Waals surface area contributed by atoms with Crippen LogP contribution in [0.2, 0.25) is 0 Å². The van der Waals surface area contributed by atoms with Gasteiger partial charge in [-0.1, -0.05) is 37.3 Å². The van der Waals surface area contributed by atoms with Gasteiger partial charge in [0.2, 0.25) is 0 Å². The Morgan fingerprint density at radius 3 is 2.11 bits per heavy atom. The highest BCUT2D eigenvalue weighted by atomic mass is 16.5. The molecule has 0 N–H and O–H groups in total. The lowest BCUT2D eigenvalue weighted by Gasteiger charge is -2.20. The van der Waals surface area contributed by atoms with E-state index in [1.807, 2.05) is 39.0 Å². The maximum atomic E-state index is 12.4. The fourth-order valence-electron chi connectivity index (χ4n) is 2.33. The Kier molecular flexibility index (Phi) is 7.50. The van der Waals surface area contributed by atoms with Gasteiger partial charge in [0, 0.05) is 17.5 Å². The van der Waals surface area contributed by atoms with Crippen molar-refractivity contribution in [1.82, 2.24) is 0 Å². The molecule has 0 atom stereocenters. The summed E-state index contributed by atoms with van der Waals surface area (Å²) in [6.07, 6.45) is 1.23. The second-order valence-corrected chi connectivity index (χ2v) is 7.17. The first-order chi connectivity index (χ1) is 13.3. The van der Waals surface area contributed by atoms with E-state index in [1.165, 1.54) is 0 Å². The van der Waals surface area contributed by atoms with Crippen LogP contribution in [0.15, 0.2) is 54.6 Å². The summed E-state index contributed by atoms with van der Waals surface area (Å²) >= 11 is 0. The molecule has 0 unspecified atom stereocenters. The van der Waals surface area contributed by atoms with Crippen LogP contribution in [0.4, 0.5) is 0 Å².